The fourth-order valence-electron chi connectivity index (χ4n) is 1.09. The van der Waals surface area contributed by atoms with Crippen LogP contribution >= 0.6 is 15.9 Å². The van der Waals surface area contributed by atoms with Crippen LogP contribution in [0, 0.1) is 0 Å². The average molecular weight is 334 g/mol. The molecule has 0 atom stereocenters. The largest absolute Gasteiger partial charge is 0.370 e. The first-order chi connectivity index (χ1) is 8.20. The molecule has 0 aliphatic carbocycles. The third-order valence-electron chi connectivity index (χ3n) is 1.83. The molecule has 1 aromatic carbocycles. The van der Waals surface area contributed by atoms with E-state index in [2.05, 4.69) is 25.9 Å². The maximum Gasteiger partial charge on any atom is 0.223 e. The van der Waals surface area contributed by atoms with Crippen LogP contribution in [0.3, 0.4) is 0 Å². The molecule has 0 amide bonds. The molecule has 0 radical (unpaired) electrons. The molecule has 0 bridgehead atoms. The van der Waals surface area contributed by atoms with E-state index >= 15 is 0 Å². The van der Waals surface area contributed by atoms with E-state index in [0.29, 0.717) is 10.2 Å². The minimum absolute atomic E-state index is 0.122. The van der Waals surface area contributed by atoms with Crippen molar-refractivity contribution in [2.24, 2.45) is 27.2 Å². The first-order valence-electron chi connectivity index (χ1n) is 4.63. The van der Waals surface area contributed by atoms with E-state index in [-0.39, 0.29) is 16.8 Å². The molecule has 6 N–H and O–H groups in total. The van der Waals surface area contributed by atoms with Crippen LogP contribution in [0.25, 0.3) is 0 Å². The topological polar surface area (TPSA) is 137 Å². The Balaban J connectivity index is 3.19. The van der Waals surface area contributed by atoms with Crippen LogP contribution in [0.5, 0.6) is 0 Å². The summed E-state index contributed by atoms with van der Waals surface area (Å²) >= 11 is 3.20. The first-order valence-corrected chi connectivity index (χ1v) is 7.32. The van der Waals surface area contributed by atoms with Gasteiger partial charge in [-0.2, -0.15) is 4.99 Å². The second kappa shape index (κ2) is 5.36. The van der Waals surface area contributed by atoms with Crippen molar-refractivity contribution in [3.05, 3.63) is 22.7 Å². The van der Waals surface area contributed by atoms with Gasteiger partial charge in [-0.05, 0) is 34.1 Å². The smallest absolute Gasteiger partial charge is 0.223 e. The summed E-state index contributed by atoms with van der Waals surface area (Å²) in [5.74, 6) is -0.331. The zero-order valence-electron chi connectivity index (χ0n) is 9.46. The van der Waals surface area contributed by atoms with Crippen LogP contribution in [0.4, 0.5) is 5.69 Å². The van der Waals surface area contributed by atoms with Gasteiger partial charge in [0.25, 0.3) is 0 Å². The molecule has 1 rings (SSSR count). The van der Waals surface area contributed by atoms with Crippen LogP contribution in [0.1, 0.15) is 0 Å². The van der Waals surface area contributed by atoms with E-state index in [1.54, 1.807) is 0 Å². The Bertz CT molecular complexity index is 620. The van der Waals surface area contributed by atoms with Crippen LogP contribution in [0.15, 0.2) is 37.6 Å². The lowest BCUT2D eigenvalue weighted by Crippen LogP contribution is -2.26. The second-order valence-electron chi connectivity index (χ2n) is 3.39. The van der Waals surface area contributed by atoms with Crippen molar-refractivity contribution in [3.63, 3.8) is 0 Å². The predicted octanol–water partition coefficient (Wildman–Crippen LogP) is 0.0722. The van der Waals surface area contributed by atoms with Gasteiger partial charge in [0.1, 0.15) is 0 Å². The third kappa shape index (κ3) is 4.00. The van der Waals surface area contributed by atoms with E-state index in [1.807, 2.05) is 0 Å². The van der Waals surface area contributed by atoms with Crippen molar-refractivity contribution in [3.8, 4) is 0 Å². The summed E-state index contributed by atoms with van der Waals surface area (Å²) in [6, 6.07) is 4.34. The van der Waals surface area contributed by atoms with E-state index < -0.39 is 9.84 Å². The standard InChI is InChI=1S/C9H12BrN5O2S/c1-18(16,17)5-2-3-7(6(10)4-5)14-9(13)15-8(11)12/h2-4H,1H3,(H6,11,12,13,14,15). The average Bonchev–Trinajstić information content (AvgIpc) is 2.18. The van der Waals surface area contributed by atoms with Gasteiger partial charge in [-0.1, -0.05) is 0 Å². The molecule has 0 unspecified atom stereocenters. The van der Waals surface area contributed by atoms with E-state index in [0.717, 1.165) is 6.26 Å². The highest BCUT2D eigenvalue weighted by molar-refractivity contribution is 9.10. The van der Waals surface area contributed by atoms with Crippen LogP contribution < -0.4 is 17.2 Å². The normalized spacial score (nSPS) is 12.2. The van der Waals surface area contributed by atoms with Crippen molar-refractivity contribution < 1.29 is 8.42 Å². The van der Waals surface area contributed by atoms with Crippen molar-refractivity contribution in [2.75, 3.05) is 6.26 Å². The molecule has 1 aromatic rings. The Morgan fingerprint density at radius 1 is 1.28 bits per heavy atom. The maximum absolute atomic E-state index is 11.3. The highest BCUT2D eigenvalue weighted by atomic mass is 79.9. The number of nitrogens with zero attached hydrogens (tertiary/aromatic N) is 2. The van der Waals surface area contributed by atoms with Gasteiger partial charge in [-0.3, -0.25) is 0 Å². The molecule has 0 saturated carbocycles. The number of aliphatic imine (C=N–C) groups is 2. The molecular weight excluding hydrogens is 322 g/mol. The summed E-state index contributed by atoms with van der Waals surface area (Å²) in [7, 11) is -3.27. The number of hydrogen-bond acceptors (Lipinski definition) is 3. The Morgan fingerprint density at radius 2 is 1.89 bits per heavy atom. The Morgan fingerprint density at radius 3 is 2.33 bits per heavy atom. The minimum Gasteiger partial charge on any atom is -0.370 e. The SMILES string of the molecule is CS(=O)(=O)c1ccc(N=C(N)N=C(N)N)c(Br)c1. The van der Waals surface area contributed by atoms with E-state index in [1.165, 1.54) is 18.2 Å². The van der Waals surface area contributed by atoms with Crippen molar-refractivity contribution in [2.45, 2.75) is 4.90 Å². The molecule has 0 aliphatic rings. The van der Waals surface area contributed by atoms with Gasteiger partial charge >= 0.3 is 0 Å². The highest BCUT2D eigenvalue weighted by Gasteiger charge is 2.09. The zero-order valence-corrected chi connectivity index (χ0v) is 11.9. The summed E-state index contributed by atoms with van der Waals surface area (Å²) in [6.07, 6.45) is 1.12. The fourth-order valence-corrected chi connectivity index (χ4v) is 2.36. The zero-order chi connectivity index (χ0) is 13.9. The Labute approximate surface area is 113 Å². The molecule has 7 nitrogen and oxygen atoms in total. The van der Waals surface area contributed by atoms with Crippen molar-refractivity contribution in [1.29, 1.82) is 0 Å². The molecule has 0 aromatic heterocycles. The molecule has 0 saturated heterocycles. The fraction of sp³-hybridized carbons (Fsp3) is 0.111. The highest BCUT2D eigenvalue weighted by Crippen LogP contribution is 2.28. The lowest BCUT2D eigenvalue weighted by Gasteiger charge is -2.02. The molecule has 0 heterocycles. The lowest BCUT2D eigenvalue weighted by atomic mass is 10.3. The number of benzene rings is 1. The number of halogens is 1. The molecule has 9 heteroatoms. The first kappa shape index (κ1) is 14.5. The van der Waals surface area contributed by atoms with E-state index in [4.69, 9.17) is 17.2 Å². The van der Waals surface area contributed by atoms with Gasteiger partial charge in [0.15, 0.2) is 15.8 Å². The summed E-state index contributed by atoms with van der Waals surface area (Å²) in [5, 5.41) is 0. The number of rotatable bonds is 2. The molecule has 18 heavy (non-hydrogen) atoms. The lowest BCUT2D eigenvalue weighted by molar-refractivity contribution is 0.602. The number of sulfone groups is 1. The third-order valence-corrected chi connectivity index (χ3v) is 3.57. The van der Waals surface area contributed by atoms with Gasteiger partial charge in [0, 0.05) is 10.7 Å². The quantitative estimate of drug-likeness (QED) is 0.519. The number of hydrogen-bond donors (Lipinski definition) is 3. The summed E-state index contributed by atoms with van der Waals surface area (Å²) < 4.78 is 23.1. The van der Waals surface area contributed by atoms with Crippen LogP contribution in [-0.4, -0.2) is 26.6 Å². The Kier molecular flexibility index (Phi) is 4.30. The molecule has 0 aliphatic heterocycles. The maximum atomic E-state index is 11.3. The Hall–Kier alpha value is -1.61. The number of guanidine groups is 2. The predicted molar refractivity (Wildman–Crippen MR) is 74.3 cm³/mol. The van der Waals surface area contributed by atoms with Crippen LogP contribution in [-0.2, 0) is 9.84 Å². The second-order valence-corrected chi connectivity index (χ2v) is 6.26. The molecule has 0 spiro atoms. The van der Waals surface area contributed by atoms with Crippen molar-refractivity contribution in [1.82, 2.24) is 0 Å². The minimum atomic E-state index is -3.27. The van der Waals surface area contributed by atoms with Crippen molar-refractivity contribution >= 4 is 43.4 Å². The van der Waals surface area contributed by atoms with Gasteiger partial charge in [-0.25, -0.2) is 13.4 Å². The van der Waals surface area contributed by atoms with E-state index in [9.17, 15) is 8.42 Å². The monoisotopic (exact) mass is 333 g/mol. The van der Waals surface area contributed by atoms with Gasteiger partial charge < -0.3 is 17.2 Å². The molecule has 98 valence electrons. The van der Waals surface area contributed by atoms with Gasteiger partial charge in [0.05, 0.1) is 10.6 Å². The van der Waals surface area contributed by atoms with Gasteiger partial charge in [0.2, 0.25) is 5.96 Å². The summed E-state index contributed by atoms with van der Waals surface area (Å²) in [6.45, 7) is 0. The van der Waals surface area contributed by atoms with Crippen LogP contribution in [0.2, 0.25) is 0 Å². The molecule has 0 fully saturated rings. The number of nitrogens with two attached hydrogens (primary N) is 3. The van der Waals surface area contributed by atoms with Gasteiger partial charge in [-0.15, -0.1) is 0 Å². The summed E-state index contributed by atoms with van der Waals surface area (Å²) in [5.41, 5.74) is 16.2. The summed E-state index contributed by atoms with van der Waals surface area (Å²) in [4.78, 5) is 7.65. The molecular formula is C9H12BrN5O2S.